The number of fused-ring (bicyclic) bond motifs is 1. The third-order valence-corrected chi connectivity index (χ3v) is 3.99. The van der Waals surface area contributed by atoms with Crippen LogP contribution in [0, 0.1) is 25.2 Å². The van der Waals surface area contributed by atoms with E-state index in [0.717, 1.165) is 22.3 Å². The lowest BCUT2D eigenvalue weighted by Crippen LogP contribution is -2.21. The third kappa shape index (κ3) is 2.17. The van der Waals surface area contributed by atoms with Crippen LogP contribution in [0.5, 0.6) is 5.75 Å². The summed E-state index contributed by atoms with van der Waals surface area (Å²) in [5.74, 6) is 0.531. The number of allylic oxidation sites excluding steroid dienone is 1. The Balaban J connectivity index is 2.28. The molecule has 110 valence electrons. The quantitative estimate of drug-likeness (QED) is 0.791. The third-order valence-electron chi connectivity index (χ3n) is 3.99. The lowest BCUT2D eigenvalue weighted by atomic mass is 9.81. The Morgan fingerprint density at radius 3 is 2.55 bits per heavy atom. The van der Waals surface area contributed by atoms with Crippen molar-refractivity contribution in [2.24, 2.45) is 5.73 Å². The number of benzene rings is 2. The van der Waals surface area contributed by atoms with Crippen LogP contribution in [-0.2, 0) is 0 Å². The van der Waals surface area contributed by atoms with E-state index in [9.17, 15) is 5.26 Å². The average Bonchev–Trinajstić information content (AvgIpc) is 2.48. The van der Waals surface area contributed by atoms with E-state index in [1.54, 1.807) is 6.07 Å². The van der Waals surface area contributed by atoms with E-state index in [2.05, 4.69) is 24.3 Å². The smallest absolute Gasteiger partial charge is 0.205 e. The Hall–Kier alpha value is -2.93. The Kier molecular flexibility index (Phi) is 3.26. The molecule has 0 fully saturated rings. The van der Waals surface area contributed by atoms with Crippen molar-refractivity contribution in [1.29, 1.82) is 5.26 Å². The highest BCUT2D eigenvalue weighted by atomic mass is 16.5. The molecular weight excluding hydrogens is 274 g/mol. The van der Waals surface area contributed by atoms with Crippen molar-refractivity contribution in [1.82, 2.24) is 0 Å². The van der Waals surface area contributed by atoms with E-state index in [1.165, 1.54) is 0 Å². The van der Waals surface area contributed by atoms with Crippen molar-refractivity contribution in [2.75, 3.05) is 5.73 Å². The molecule has 3 rings (SSSR count). The molecule has 1 atom stereocenters. The van der Waals surface area contributed by atoms with Gasteiger partial charge in [0.15, 0.2) is 0 Å². The van der Waals surface area contributed by atoms with Crippen LogP contribution in [0.1, 0.15) is 28.2 Å². The van der Waals surface area contributed by atoms with Crippen molar-refractivity contribution in [2.45, 2.75) is 19.8 Å². The highest BCUT2D eigenvalue weighted by Crippen LogP contribution is 2.43. The normalized spacial score (nSPS) is 16.7. The van der Waals surface area contributed by atoms with Gasteiger partial charge in [0.1, 0.15) is 17.4 Å². The topological polar surface area (TPSA) is 85.1 Å². The molecule has 0 bridgehead atoms. The number of nitriles is 1. The van der Waals surface area contributed by atoms with Crippen molar-refractivity contribution >= 4 is 5.69 Å². The molecule has 22 heavy (non-hydrogen) atoms. The summed E-state index contributed by atoms with van der Waals surface area (Å²) in [5, 5.41) is 9.54. The number of anilines is 1. The highest BCUT2D eigenvalue weighted by molar-refractivity contribution is 5.60. The molecule has 0 amide bonds. The fraction of sp³-hybridized carbons (Fsp3) is 0.167. The minimum absolute atomic E-state index is 0.145. The number of nitrogen functional groups attached to an aromatic ring is 1. The van der Waals surface area contributed by atoms with Crippen LogP contribution in [0.4, 0.5) is 5.69 Å². The van der Waals surface area contributed by atoms with Crippen molar-refractivity contribution < 1.29 is 4.74 Å². The summed E-state index contributed by atoms with van der Waals surface area (Å²) in [4.78, 5) is 0. The lowest BCUT2D eigenvalue weighted by Gasteiger charge is -2.27. The number of hydrogen-bond acceptors (Lipinski definition) is 4. The van der Waals surface area contributed by atoms with Crippen LogP contribution < -0.4 is 16.2 Å². The summed E-state index contributed by atoms with van der Waals surface area (Å²) >= 11 is 0. The molecule has 1 unspecified atom stereocenters. The number of nitrogens with zero attached hydrogens (tertiary/aromatic N) is 1. The van der Waals surface area contributed by atoms with E-state index >= 15 is 0 Å². The molecular formula is C18H17N3O. The first-order valence-electron chi connectivity index (χ1n) is 7.05. The van der Waals surface area contributed by atoms with Gasteiger partial charge in [-0.1, -0.05) is 29.8 Å². The van der Waals surface area contributed by atoms with Gasteiger partial charge in [0.2, 0.25) is 5.88 Å². The zero-order valence-electron chi connectivity index (χ0n) is 12.6. The van der Waals surface area contributed by atoms with Crippen LogP contribution in [0.15, 0.2) is 47.9 Å². The van der Waals surface area contributed by atoms with Crippen LogP contribution in [0.25, 0.3) is 0 Å². The van der Waals surface area contributed by atoms with Gasteiger partial charge in [-0.25, -0.2) is 0 Å². The van der Waals surface area contributed by atoms with Crippen LogP contribution in [0.2, 0.25) is 0 Å². The van der Waals surface area contributed by atoms with Crippen LogP contribution in [0.3, 0.4) is 0 Å². The highest BCUT2D eigenvalue weighted by Gasteiger charge is 2.31. The van der Waals surface area contributed by atoms with E-state index in [4.69, 9.17) is 16.2 Å². The summed E-state index contributed by atoms with van der Waals surface area (Å²) < 4.78 is 5.59. The summed E-state index contributed by atoms with van der Waals surface area (Å²) in [6.45, 7) is 4.07. The molecule has 4 N–H and O–H groups in total. The number of ether oxygens (including phenoxy) is 1. The molecule has 0 saturated carbocycles. The van der Waals surface area contributed by atoms with Gasteiger partial charge < -0.3 is 16.2 Å². The van der Waals surface area contributed by atoms with Crippen LogP contribution >= 0.6 is 0 Å². The van der Waals surface area contributed by atoms with Crippen molar-refractivity contribution in [3.05, 3.63) is 70.1 Å². The zero-order valence-corrected chi connectivity index (χ0v) is 12.6. The first-order valence-corrected chi connectivity index (χ1v) is 7.05. The van der Waals surface area contributed by atoms with Gasteiger partial charge in [-0.15, -0.1) is 0 Å². The summed E-state index contributed by atoms with van der Waals surface area (Å²) in [7, 11) is 0. The Morgan fingerprint density at radius 2 is 1.82 bits per heavy atom. The maximum Gasteiger partial charge on any atom is 0.205 e. The maximum atomic E-state index is 9.54. The van der Waals surface area contributed by atoms with Gasteiger partial charge in [0.25, 0.3) is 0 Å². The molecule has 2 aromatic rings. The maximum absolute atomic E-state index is 9.54. The molecule has 0 spiro atoms. The molecule has 1 heterocycles. The van der Waals surface area contributed by atoms with Gasteiger partial charge >= 0.3 is 0 Å². The second kappa shape index (κ2) is 5.12. The Bertz CT molecular complexity index is 831. The lowest BCUT2D eigenvalue weighted by molar-refractivity contribution is 0.394. The molecule has 4 nitrogen and oxygen atoms in total. The molecule has 1 aliphatic rings. The summed E-state index contributed by atoms with van der Waals surface area (Å²) in [6.07, 6.45) is 0. The van der Waals surface area contributed by atoms with E-state index < -0.39 is 0 Å². The number of aryl methyl sites for hydroxylation is 2. The van der Waals surface area contributed by atoms with E-state index in [1.807, 2.05) is 26.0 Å². The number of nitrogens with two attached hydrogens (primary N) is 2. The average molecular weight is 291 g/mol. The first-order chi connectivity index (χ1) is 10.5. The standard InChI is InChI=1S/C18H17N3O/c1-10-3-4-11(2)14(7-10)17-13-6-5-12(20)8-16(13)22-18(21)15(17)9-19/h3-8,17H,20-21H2,1-2H3. The number of hydrogen-bond donors (Lipinski definition) is 2. The van der Waals surface area contributed by atoms with E-state index in [-0.39, 0.29) is 11.8 Å². The molecule has 0 aliphatic carbocycles. The summed E-state index contributed by atoms with van der Waals surface area (Å²) in [6, 6.07) is 13.9. The molecule has 0 saturated heterocycles. The van der Waals surface area contributed by atoms with Crippen molar-refractivity contribution in [3.8, 4) is 11.8 Å². The van der Waals surface area contributed by atoms with Gasteiger partial charge in [-0.05, 0) is 31.0 Å². The van der Waals surface area contributed by atoms with Gasteiger partial charge in [-0.2, -0.15) is 5.26 Å². The molecule has 4 heteroatoms. The zero-order chi connectivity index (χ0) is 15.9. The minimum Gasteiger partial charge on any atom is -0.440 e. The fourth-order valence-corrected chi connectivity index (χ4v) is 2.86. The number of rotatable bonds is 1. The fourth-order valence-electron chi connectivity index (χ4n) is 2.86. The van der Waals surface area contributed by atoms with Crippen molar-refractivity contribution in [3.63, 3.8) is 0 Å². The largest absolute Gasteiger partial charge is 0.440 e. The Morgan fingerprint density at radius 1 is 1.05 bits per heavy atom. The SMILES string of the molecule is Cc1ccc(C)c(C2C(C#N)=C(N)Oc3cc(N)ccc32)c1. The van der Waals surface area contributed by atoms with Gasteiger partial charge in [0.05, 0.1) is 5.92 Å². The molecule has 2 aromatic carbocycles. The van der Waals surface area contributed by atoms with E-state index in [0.29, 0.717) is 17.0 Å². The molecule has 0 aromatic heterocycles. The second-order valence-electron chi connectivity index (χ2n) is 5.58. The second-order valence-corrected chi connectivity index (χ2v) is 5.58. The minimum atomic E-state index is -0.228. The Labute approximate surface area is 129 Å². The predicted octanol–water partition coefficient (Wildman–Crippen LogP) is 3.10. The summed E-state index contributed by atoms with van der Waals surface area (Å²) in [5.41, 5.74) is 17.1. The predicted molar refractivity (Wildman–Crippen MR) is 86.1 cm³/mol. The monoisotopic (exact) mass is 291 g/mol. The molecule has 1 aliphatic heterocycles. The molecule has 0 radical (unpaired) electrons. The van der Waals surface area contributed by atoms with Gasteiger partial charge in [-0.3, -0.25) is 0 Å². The van der Waals surface area contributed by atoms with Crippen LogP contribution in [-0.4, -0.2) is 0 Å². The first kappa shape index (κ1) is 14.0. The van der Waals surface area contributed by atoms with Gasteiger partial charge in [0, 0.05) is 17.3 Å².